The van der Waals surface area contributed by atoms with Gasteiger partial charge in [-0.2, -0.15) is 4.98 Å². The van der Waals surface area contributed by atoms with Crippen molar-refractivity contribution in [3.8, 4) is 11.4 Å². The van der Waals surface area contributed by atoms with E-state index in [1.807, 2.05) is 52.5 Å². The van der Waals surface area contributed by atoms with E-state index >= 15 is 0 Å². The molecule has 0 spiro atoms. The van der Waals surface area contributed by atoms with Gasteiger partial charge in [-0.25, -0.2) is 19.1 Å². The minimum absolute atomic E-state index is 0.0311. The van der Waals surface area contributed by atoms with Crippen LogP contribution in [0.2, 0.25) is 5.02 Å². The maximum Gasteiger partial charge on any atom is 0.410 e. The minimum atomic E-state index is -0.586. The number of pyridine rings is 1. The Labute approximate surface area is 251 Å². The molecule has 0 radical (unpaired) electrons. The van der Waals surface area contributed by atoms with E-state index in [1.54, 1.807) is 27.7 Å². The molecule has 0 saturated carbocycles. The summed E-state index contributed by atoms with van der Waals surface area (Å²) in [6, 6.07) is 6.73. The summed E-state index contributed by atoms with van der Waals surface area (Å²) in [5.74, 6) is 1.31. The number of carbonyl (C=O) groups excluding carboxylic acids is 1. The number of rotatable bonds is 4. The van der Waals surface area contributed by atoms with Crippen molar-refractivity contribution in [2.75, 3.05) is 42.5 Å². The lowest BCUT2D eigenvalue weighted by atomic mass is 10.0. The van der Waals surface area contributed by atoms with Crippen LogP contribution in [0, 0.1) is 0 Å². The van der Waals surface area contributed by atoms with Gasteiger partial charge in [-0.15, -0.1) is 0 Å². The van der Waals surface area contributed by atoms with Crippen molar-refractivity contribution in [1.82, 2.24) is 19.4 Å². The van der Waals surface area contributed by atoms with Crippen LogP contribution < -0.4 is 15.5 Å². The average Bonchev–Trinajstić information content (AvgIpc) is 2.92. The van der Waals surface area contributed by atoms with E-state index in [2.05, 4.69) is 9.88 Å². The third-order valence-electron chi connectivity index (χ3n) is 7.86. The lowest BCUT2D eigenvalue weighted by Crippen LogP contribution is -2.55. The van der Waals surface area contributed by atoms with E-state index in [4.69, 9.17) is 21.3 Å². The Balaban J connectivity index is 1.65. The predicted molar refractivity (Wildman–Crippen MR) is 167 cm³/mol. The summed E-state index contributed by atoms with van der Waals surface area (Å²) in [7, 11) is 0. The van der Waals surface area contributed by atoms with E-state index in [0.717, 1.165) is 31.5 Å². The van der Waals surface area contributed by atoms with Gasteiger partial charge in [-0.3, -0.25) is 0 Å². The molecule has 5 rings (SSSR count). The van der Waals surface area contributed by atoms with Gasteiger partial charge in [0.2, 0.25) is 0 Å². The Bertz CT molecular complexity index is 1540. The zero-order chi connectivity index (χ0) is 30.3. The number of benzene rings is 1. The fourth-order valence-electron chi connectivity index (χ4n) is 5.83. The normalized spacial score (nSPS) is 18.2. The highest BCUT2D eigenvalue weighted by Crippen LogP contribution is 2.36. The van der Waals surface area contributed by atoms with Gasteiger partial charge in [-0.1, -0.05) is 25.4 Å². The SMILES string of the molecule is CC(C)c1cc(O)ccc1-n1c(=O)nc(N2CCN(C(=O)OC(C)(C)C)C[C@@H]2C)c2cc(Cl)c(N3CCCCC3)nc21. The smallest absolute Gasteiger partial charge is 0.410 e. The molecule has 2 saturated heterocycles. The molecular formula is C31H41ClN6O4. The first-order valence-electron chi connectivity index (χ1n) is 14.8. The van der Waals surface area contributed by atoms with Gasteiger partial charge in [-0.05, 0) is 82.7 Å². The Morgan fingerprint density at radius 2 is 1.76 bits per heavy atom. The highest BCUT2D eigenvalue weighted by Gasteiger charge is 2.33. The van der Waals surface area contributed by atoms with Crippen molar-refractivity contribution in [3.63, 3.8) is 0 Å². The first-order chi connectivity index (χ1) is 19.8. The topological polar surface area (TPSA) is 104 Å². The summed E-state index contributed by atoms with van der Waals surface area (Å²) in [6.45, 7) is 14.6. The number of phenols is 1. The number of hydrogen-bond donors (Lipinski definition) is 1. The molecule has 1 atom stereocenters. The van der Waals surface area contributed by atoms with Crippen LogP contribution in [0.4, 0.5) is 16.4 Å². The average molecular weight is 597 g/mol. The van der Waals surface area contributed by atoms with Crippen molar-refractivity contribution in [2.45, 2.75) is 78.4 Å². The largest absolute Gasteiger partial charge is 0.508 e. The summed E-state index contributed by atoms with van der Waals surface area (Å²) in [5.41, 5.74) is 0.843. The maximum atomic E-state index is 14.0. The summed E-state index contributed by atoms with van der Waals surface area (Å²) in [6.07, 6.45) is 2.92. The number of ether oxygens (including phenoxy) is 1. The zero-order valence-corrected chi connectivity index (χ0v) is 26.1. The number of aromatic hydroxyl groups is 1. The van der Waals surface area contributed by atoms with E-state index in [-0.39, 0.29) is 23.8 Å². The lowest BCUT2D eigenvalue weighted by Gasteiger charge is -2.41. The molecule has 2 aliphatic rings. The van der Waals surface area contributed by atoms with Crippen LogP contribution in [0.3, 0.4) is 0 Å². The molecule has 2 fully saturated rings. The Hall–Kier alpha value is -3.53. The molecule has 0 bridgehead atoms. The van der Waals surface area contributed by atoms with Gasteiger partial charge in [0.25, 0.3) is 0 Å². The number of fused-ring (bicyclic) bond motifs is 1. The van der Waals surface area contributed by atoms with E-state index in [0.29, 0.717) is 53.0 Å². The second-order valence-corrected chi connectivity index (χ2v) is 13.0. The second kappa shape index (κ2) is 11.6. The van der Waals surface area contributed by atoms with Gasteiger partial charge in [0.1, 0.15) is 23.0 Å². The molecular weight excluding hydrogens is 556 g/mol. The van der Waals surface area contributed by atoms with E-state index in [1.165, 1.54) is 6.42 Å². The number of carbonyl (C=O) groups is 1. The van der Waals surface area contributed by atoms with Gasteiger partial charge >= 0.3 is 11.8 Å². The molecule has 1 amide bonds. The van der Waals surface area contributed by atoms with Crippen LogP contribution in [-0.4, -0.2) is 75.0 Å². The first-order valence-corrected chi connectivity index (χ1v) is 15.2. The van der Waals surface area contributed by atoms with Gasteiger partial charge < -0.3 is 24.5 Å². The van der Waals surface area contributed by atoms with Gasteiger partial charge in [0, 0.05) is 38.8 Å². The van der Waals surface area contributed by atoms with Gasteiger partial charge in [0.15, 0.2) is 5.65 Å². The van der Waals surface area contributed by atoms with Crippen molar-refractivity contribution in [3.05, 3.63) is 45.3 Å². The van der Waals surface area contributed by atoms with Crippen molar-refractivity contribution >= 4 is 40.4 Å². The lowest BCUT2D eigenvalue weighted by molar-refractivity contribution is 0.0218. The highest BCUT2D eigenvalue weighted by atomic mass is 35.5. The molecule has 2 aromatic heterocycles. The fraction of sp³-hybridized carbons (Fsp3) is 0.548. The predicted octanol–water partition coefficient (Wildman–Crippen LogP) is 5.70. The minimum Gasteiger partial charge on any atom is -0.508 e. The maximum absolute atomic E-state index is 14.0. The first kappa shape index (κ1) is 29.9. The van der Waals surface area contributed by atoms with Crippen molar-refractivity contribution in [1.29, 1.82) is 0 Å². The molecule has 42 heavy (non-hydrogen) atoms. The number of halogens is 1. The summed E-state index contributed by atoms with van der Waals surface area (Å²) in [4.78, 5) is 42.3. The van der Waals surface area contributed by atoms with Crippen LogP contribution in [-0.2, 0) is 4.74 Å². The Kier molecular flexibility index (Phi) is 8.29. The van der Waals surface area contributed by atoms with Crippen LogP contribution in [0.25, 0.3) is 16.7 Å². The number of piperazine rings is 1. The number of hydrogen-bond acceptors (Lipinski definition) is 8. The van der Waals surface area contributed by atoms with Crippen LogP contribution in [0.15, 0.2) is 29.1 Å². The third kappa shape index (κ3) is 6.00. The van der Waals surface area contributed by atoms with Crippen molar-refractivity contribution < 1.29 is 14.6 Å². The molecule has 1 N–H and O–H groups in total. The van der Waals surface area contributed by atoms with Crippen molar-refractivity contribution in [2.24, 2.45) is 0 Å². The second-order valence-electron chi connectivity index (χ2n) is 12.6. The molecule has 226 valence electrons. The molecule has 3 aromatic rings. The summed E-state index contributed by atoms with van der Waals surface area (Å²) in [5, 5.41) is 11.4. The molecule has 10 nitrogen and oxygen atoms in total. The molecule has 0 unspecified atom stereocenters. The van der Waals surface area contributed by atoms with Gasteiger partial charge in [0.05, 0.1) is 16.1 Å². The fourth-order valence-corrected chi connectivity index (χ4v) is 6.10. The Morgan fingerprint density at radius 3 is 2.40 bits per heavy atom. The van der Waals surface area contributed by atoms with Crippen LogP contribution in [0.1, 0.15) is 72.3 Å². The molecule has 0 aliphatic carbocycles. The number of phenolic OH excluding ortho intramolecular Hbond substituents is 1. The van der Waals surface area contributed by atoms with E-state index < -0.39 is 11.3 Å². The van der Waals surface area contributed by atoms with Crippen LogP contribution in [0.5, 0.6) is 5.75 Å². The van der Waals surface area contributed by atoms with E-state index in [9.17, 15) is 14.7 Å². The summed E-state index contributed by atoms with van der Waals surface area (Å²) < 4.78 is 7.14. The molecule has 1 aromatic carbocycles. The standard InChI is InChI=1S/C31H41ClN6O4/c1-19(2)22-16-21(39)10-11-25(22)38-27-23(17-24(32)28(33-27)35-12-8-7-9-13-35)26(34-29(38)40)37-15-14-36(18-20(37)3)30(41)42-31(4,5)6/h10-11,16-17,19-20,39H,7-9,12-15,18H2,1-6H3/t20-/m0/s1. The molecule has 11 heteroatoms. The number of anilines is 2. The number of aromatic nitrogens is 3. The molecule has 4 heterocycles. The summed E-state index contributed by atoms with van der Waals surface area (Å²) >= 11 is 6.91. The zero-order valence-electron chi connectivity index (χ0n) is 25.4. The number of piperidine rings is 1. The van der Waals surface area contributed by atoms with Crippen LogP contribution >= 0.6 is 11.6 Å². The Morgan fingerprint density at radius 1 is 1.05 bits per heavy atom. The number of amides is 1. The molecule has 2 aliphatic heterocycles. The quantitative estimate of drug-likeness (QED) is 0.409. The highest BCUT2D eigenvalue weighted by molar-refractivity contribution is 6.33. The number of nitrogens with zero attached hydrogens (tertiary/aromatic N) is 6. The third-order valence-corrected chi connectivity index (χ3v) is 8.14. The monoisotopic (exact) mass is 596 g/mol.